The second-order valence-corrected chi connectivity index (χ2v) is 6.88. The molecule has 1 atom stereocenters. The van der Waals surface area contributed by atoms with Crippen LogP contribution in [0.4, 0.5) is 0 Å². The average molecular weight is 284 g/mol. The topological polar surface area (TPSA) is 78.4 Å². The minimum absolute atomic E-state index is 0.0582. The molecule has 1 heterocycles. The molecule has 5 nitrogen and oxygen atoms in total. The Morgan fingerprint density at radius 1 is 1.32 bits per heavy atom. The first kappa shape index (κ1) is 14.5. The minimum Gasteiger partial charge on any atom is -0.387 e. The molecule has 1 aliphatic heterocycles. The van der Waals surface area contributed by atoms with Gasteiger partial charge in [0.05, 0.1) is 11.4 Å². The maximum atomic E-state index is 11.9. The number of nitrogens with one attached hydrogen (secondary N) is 2. The van der Waals surface area contributed by atoms with E-state index < -0.39 is 15.6 Å². The highest BCUT2D eigenvalue weighted by atomic mass is 32.2. The Bertz CT molecular complexity index is 496. The van der Waals surface area contributed by atoms with E-state index >= 15 is 0 Å². The van der Waals surface area contributed by atoms with Crippen LogP contribution in [0.5, 0.6) is 0 Å². The third-order valence-corrected chi connectivity index (χ3v) is 4.57. The molecule has 1 saturated heterocycles. The number of hydrogen-bond acceptors (Lipinski definition) is 4. The van der Waals surface area contributed by atoms with E-state index in [-0.39, 0.29) is 12.3 Å². The smallest absolute Gasteiger partial charge is 0.215 e. The van der Waals surface area contributed by atoms with Crippen molar-refractivity contribution in [1.82, 2.24) is 10.0 Å². The molecule has 2 rings (SSSR count). The molecular formula is C13H20N2O3S. The molecule has 0 spiro atoms. The van der Waals surface area contributed by atoms with Crippen molar-refractivity contribution in [3.8, 4) is 0 Å². The predicted molar refractivity (Wildman–Crippen MR) is 74.1 cm³/mol. The van der Waals surface area contributed by atoms with Gasteiger partial charge in [-0.05, 0) is 24.9 Å². The lowest BCUT2D eigenvalue weighted by Crippen LogP contribution is -2.52. The quantitative estimate of drug-likeness (QED) is 0.723. The van der Waals surface area contributed by atoms with Gasteiger partial charge in [-0.25, -0.2) is 13.1 Å². The lowest BCUT2D eigenvalue weighted by Gasteiger charge is -2.32. The van der Waals surface area contributed by atoms with Gasteiger partial charge < -0.3 is 10.4 Å². The van der Waals surface area contributed by atoms with Crippen molar-refractivity contribution in [3.05, 3.63) is 35.9 Å². The van der Waals surface area contributed by atoms with E-state index in [2.05, 4.69) is 10.0 Å². The molecule has 1 aromatic rings. The molecule has 0 aromatic heterocycles. The van der Waals surface area contributed by atoms with Gasteiger partial charge in [0.1, 0.15) is 0 Å². The molecule has 0 saturated carbocycles. The average Bonchev–Trinajstić information content (AvgIpc) is 2.38. The van der Waals surface area contributed by atoms with E-state index in [1.165, 1.54) is 0 Å². The van der Waals surface area contributed by atoms with E-state index in [1.54, 1.807) is 12.1 Å². The molecule has 1 fully saturated rings. The zero-order chi connectivity index (χ0) is 13.8. The number of sulfonamides is 1. The van der Waals surface area contributed by atoms with Crippen LogP contribution in [0.25, 0.3) is 0 Å². The summed E-state index contributed by atoms with van der Waals surface area (Å²) in [7, 11) is -3.41. The number of rotatable bonds is 5. The Balaban J connectivity index is 1.91. The highest BCUT2D eigenvalue weighted by molar-refractivity contribution is 7.88. The van der Waals surface area contributed by atoms with E-state index in [0.29, 0.717) is 13.0 Å². The Morgan fingerprint density at radius 3 is 2.68 bits per heavy atom. The highest BCUT2D eigenvalue weighted by Gasteiger charge is 2.30. The van der Waals surface area contributed by atoms with Gasteiger partial charge in [0.25, 0.3) is 0 Å². The summed E-state index contributed by atoms with van der Waals surface area (Å²) < 4.78 is 26.4. The predicted octanol–water partition coefficient (Wildman–Crippen LogP) is 0.221. The first-order valence-corrected chi connectivity index (χ1v) is 8.09. The summed E-state index contributed by atoms with van der Waals surface area (Å²) >= 11 is 0. The van der Waals surface area contributed by atoms with Crippen LogP contribution >= 0.6 is 0 Å². The van der Waals surface area contributed by atoms with Gasteiger partial charge in [-0.1, -0.05) is 30.3 Å². The Hall–Kier alpha value is -0.950. The third kappa shape index (κ3) is 4.58. The van der Waals surface area contributed by atoms with E-state index in [1.807, 2.05) is 18.2 Å². The number of piperidine rings is 1. The van der Waals surface area contributed by atoms with Crippen LogP contribution in [0, 0.1) is 0 Å². The van der Waals surface area contributed by atoms with Crippen LogP contribution in [0.15, 0.2) is 30.3 Å². The summed E-state index contributed by atoms with van der Waals surface area (Å²) in [6, 6.07) is 9.01. The molecule has 19 heavy (non-hydrogen) atoms. The van der Waals surface area contributed by atoms with Gasteiger partial charge in [-0.15, -0.1) is 0 Å². The second-order valence-electron chi connectivity index (χ2n) is 5.07. The summed E-state index contributed by atoms with van der Waals surface area (Å²) in [5.41, 5.74) is -0.231. The maximum Gasteiger partial charge on any atom is 0.215 e. The Morgan fingerprint density at radius 2 is 2.05 bits per heavy atom. The second kappa shape index (κ2) is 6.00. The van der Waals surface area contributed by atoms with Crippen molar-refractivity contribution in [3.63, 3.8) is 0 Å². The van der Waals surface area contributed by atoms with Crippen molar-refractivity contribution in [2.45, 2.75) is 24.2 Å². The number of aliphatic hydroxyl groups is 1. The Labute approximate surface area is 114 Å². The van der Waals surface area contributed by atoms with Gasteiger partial charge in [0.15, 0.2) is 0 Å². The van der Waals surface area contributed by atoms with E-state index in [0.717, 1.165) is 18.5 Å². The van der Waals surface area contributed by atoms with Crippen molar-refractivity contribution < 1.29 is 13.5 Å². The summed E-state index contributed by atoms with van der Waals surface area (Å²) in [4.78, 5) is 0. The van der Waals surface area contributed by atoms with Gasteiger partial charge >= 0.3 is 0 Å². The monoisotopic (exact) mass is 284 g/mol. The minimum atomic E-state index is -3.41. The van der Waals surface area contributed by atoms with Gasteiger partial charge in [-0.3, -0.25) is 0 Å². The fourth-order valence-corrected chi connectivity index (χ4v) is 3.41. The van der Waals surface area contributed by atoms with Gasteiger partial charge in [0.2, 0.25) is 10.0 Å². The normalized spacial score (nSPS) is 24.3. The first-order valence-electron chi connectivity index (χ1n) is 6.44. The molecule has 0 aliphatic carbocycles. The maximum absolute atomic E-state index is 11.9. The molecule has 3 N–H and O–H groups in total. The fraction of sp³-hybridized carbons (Fsp3) is 0.538. The van der Waals surface area contributed by atoms with Crippen molar-refractivity contribution in [2.75, 3.05) is 19.6 Å². The number of hydrogen-bond donors (Lipinski definition) is 3. The van der Waals surface area contributed by atoms with Crippen molar-refractivity contribution >= 4 is 10.0 Å². The van der Waals surface area contributed by atoms with E-state index in [9.17, 15) is 13.5 Å². The molecule has 0 amide bonds. The molecular weight excluding hydrogens is 264 g/mol. The molecule has 1 aliphatic rings. The highest BCUT2D eigenvalue weighted by Crippen LogP contribution is 2.15. The standard InChI is InChI=1S/C13H20N2O3S/c16-13(7-4-8-14-10-13)11-15-19(17,18)9-12-5-2-1-3-6-12/h1-3,5-6,14-16H,4,7-11H2/t13-/m0/s1. The molecule has 6 heteroatoms. The van der Waals surface area contributed by atoms with Crippen LogP contribution in [0.3, 0.4) is 0 Å². The summed E-state index contributed by atoms with van der Waals surface area (Å²) in [5.74, 6) is -0.0582. The van der Waals surface area contributed by atoms with Crippen LogP contribution in [0.2, 0.25) is 0 Å². The first-order chi connectivity index (χ1) is 8.99. The van der Waals surface area contributed by atoms with Crippen molar-refractivity contribution in [2.24, 2.45) is 0 Å². The largest absolute Gasteiger partial charge is 0.387 e. The molecule has 1 aromatic carbocycles. The fourth-order valence-electron chi connectivity index (χ4n) is 2.19. The van der Waals surface area contributed by atoms with Crippen LogP contribution in [0.1, 0.15) is 18.4 Å². The van der Waals surface area contributed by atoms with Gasteiger partial charge in [-0.2, -0.15) is 0 Å². The SMILES string of the molecule is O=S(=O)(Cc1ccccc1)NC[C@]1(O)CCCNC1. The zero-order valence-corrected chi connectivity index (χ0v) is 11.6. The lowest BCUT2D eigenvalue weighted by molar-refractivity contribution is 0.0218. The molecule has 0 unspecified atom stereocenters. The lowest BCUT2D eigenvalue weighted by atomic mass is 9.95. The van der Waals surface area contributed by atoms with Crippen LogP contribution < -0.4 is 10.0 Å². The van der Waals surface area contributed by atoms with E-state index in [4.69, 9.17) is 0 Å². The molecule has 0 bridgehead atoms. The van der Waals surface area contributed by atoms with Crippen LogP contribution in [-0.2, 0) is 15.8 Å². The molecule has 0 radical (unpaired) electrons. The number of β-amino-alcohol motifs (C(OH)–C–C–N with tert-alkyl or cyclic N) is 1. The summed E-state index contributed by atoms with van der Waals surface area (Å²) in [5, 5.41) is 13.3. The third-order valence-electron chi connectivity index (χ3n) is 3.27. The van der Waals surface area contributed by atoms with Crippen molar-refractivity contribution in [1.29, 1.82) is 0 Å². The number of benzene rings is 1. The zero-order valence-electron chi connectivity index (χ0n) is 10.8. The van der Waals surface area contributed by atoms with Crippen LogP contribution in [-0.4, -0.2) is 38.8 Å². The Kier molecular flexibility index (Phi) is 4.57. The van der Waals surface area contributed by atoms with Gasteiger partial charge in [0, 0.05) is 13.1 Å². The molecule has 106 valence electrons. The summed E-state index contributed by atoms with van der Waals surface area (Å²) in [6.07, 6.45) is 1.48. The summed E-state index contributed by atoms with van der Waals surface area (Å²) in [6.45, 7) is 1.37.